The zero-order valence-electron chi connectivity index (χ0n) is 14.0. The fraction of sp³-hybridized carbons (Fsp3) is 0.0909. The van der Waals surface area contributed by atoms with E-state index in [2.05, 4.69) is 8.37 Å². The van der Waals surface area contributed by atoms with Crippen LogP contribution in [0.25, 0.3) is 10.8 Å². The first-order valence-corrected chi connectivity index (χ1v) is 8.06. The summed E-state index contributed by atoms with van der Waals surface area (Å²) in [5.74, 6) is -0.537. The number of aryl methyl sites for hydroxylation is 1. The summed E-state index contributed by atoms with van der Waals surface area (Å²) in [6.45, 7) is 1.37. The number of hydrogen-bond acceptors (Lipinski definition) is 8. The van der Waals surface area contributed by atoms with Gasteiger partial charge >= 0.3 is 59.1 Å². The van der Waals surface area contributed by atoms with Gasteiger partial charge < -0.3 is 33.9 Å². The van der Waals surface area contributed by atoms with Gasteiger partial charge in [-0.25, -0.2) is 16.8 Å². The van der Waals surface area contributed by atoms with Crippen LogP contribution in [0.4, 0.5) is 0 Å². The summed E-state index contributed by atoms with van der Waals surface area (Å²) in [7, 11) is -10.0. The van der Waals surface area contributed by atoms with E-state index in [4.69, 9.17) is 0 Å². The van der Waals surface area contributed by atoms with E-state index in [0.717, 1.165) is 6.07 Å². The summed E-state index contributed by atoms with van der Waals surface area (Å²) in [6, 6.07) is 6.91. The Kier molecular flexibility index (Phi) is 16.1. The van der Waals surface area contributed by atoms with E-state index < -0.39 is 20.8 Å². The van der Waals surface area contributed by atoms with Gasteiger partial charge in [-0.15, -0.1) is 0 Å². The third kappa shape index (κ3) is 9.27. The fourth-order valence-corrected chi connectivity index (χ4v) is 2.62. The first-order chi connectivity index (χ1) is 9.57. The van der Waals surface area contributed by atoms with Crippen molar-refractivity contribution in [2.45, 2.75) is 6.92 Å². The molecule has 0 saturated heterocycles. The van der Waals surface area contributed by atoms with Crippen LogP contribution in [-0.4, -0.2) is 42.4 Å². The van der Waals surface area contributed by atoms with Crippen molar-refractivity contribution < 1.29 is 110 Å². The summed E-state index contributed by atoms with van der Waals surface area (Å²) in [5.41, 5.74) is 0.117. The van der Waals surface area contributed by atoms with Crippen LogP contribution in [-0.2, 0) is 20.8 Å². The molecule has 0 aromatic heterocycles. The molecule has 0 atom stereocenters. The first kappa shape index (κ1) is 33.6. The van der Waals surface area contributed by atoms with Crippen molar-refractivity contribution in [3.63, 3.8) is 0 Å². The van der Waals surface area contributed by atoms with Crippen molar-refractivity contribution in [2.24, 2.45) is 0 Å². The van der Waals surface area contributed by atoms with Crippen molar-refractivity contribution in [1.82, 2.24) is 0 Å². The molecule has 2 aromatic carbocycles. The minimum Gasteiger partial charge on any atom is -0.716 e. The predicted molar refractivity (Wildman–Crippen MR) is 80.2 cm³/mol. The molecule has 0 aliphatic carbocycles. The molecule has 0 bridgehead atoms. The molecular weight excluding hydrogens is 418 g/mol. The second-order valence-corrected chi connectivity index (χ2v) is 6.02. The van der Waals surface area contributed by atoms with Gasteiger partial charge in [0.25, 0.3) is 20.8 Å². The Morgan fingerprint density at radius 1 is 0.808 bits per heavy atom. The van der Waals surface area contributed by atoms with Crippen molar-refractivity contribution in [2.75, 3.05) is 0 Å². The molecule has 0 fully saturated rings. The van der Waals surface area contributed by atoms with E-state index in [9.17, 15) is 25.9 Å². The smallest absolute Gasteiger partial charge is 0.716 e. The van der Waals surface area contributed by atoms with Crippen LogP contribution in [0.5, 0.6) is 11.5 Å². The molecule has 0 radical (unpaired) electrons. The molecule has 2 aromatic rings. The molecule has 15 heteroatoms. The van der Waals surface area contributed by atoms with Crippen molar-refractivity contribution in [3.05, 3.63) is 35.9 Å². The van der Waals surface area contributed by atoms with Gasteiger partial charge in [-0.2, -0.15) is 0 Å². The van der Waals surface area contributed by atoms with Crippen LogP contribution in [0.3, 0.4) is 0 Å². The van der Waals surface area contributed by atoms with Crippen LogP contribution in [0.2, 0.25) is 0 Å². The third-order valence-corrected chi connectivity index (χ3v) is 3.27. The zero-order valence-corrected chi connectivity index (χ0v) is 19.6. The van der Waals surface area contributed by atoms with Gasteiger partial charge in [-0.05, 0) is 18.6 Å². The molecule has 0 aliphatic heterocycles. The normalized spacial score (nSPS) is 9.96. The molecule has 0 amide bonds. The standard InChI is InChI=1S/C11H10O8S2.2Na.3H2O/c1-7-6-10(18-20(12,13)14)8-4-2-3-5-9(8)11(7)19-21(15,16)17;;;;;/h2-6H,1H3,(H,12,13,14)(H,15,16,17);;;3*1H2/q;2*+1;;;/p-2. The SMILES string of the molecule is Cc1cc(OS(=O)(=O)[O-])c2ccccc2c1OS(=O)(=O)[O-].O.O.O.[Na+].[Na+]. The Labute approximate surface area is 194 Å². The summed E-state index contributed by atoms with van der Waals surface area (Å²) in [4.78, 5) is 0. The van der Waals surface area contributed by atoms with Crippen molar-refractivity contribution in [1.29, 1.82) is 0 Å². The Balaban J connectivity index is -0.000000484. The molecule has 138 valence electrons. The third-order valence-electron chi connectivity index (χ3n) is 2.52. The number of benzene rings is 2. The Morgan fingerprint density at radius 3 is 1.65 bits per heavy atom. The number of fused-ring (bicyclic) bond motifs is 1. The summed E-state index contributed by atoms with van der Waals surface area (Å²) in [5, 5.41) is 0.233. The molecule has 11 nitrogen and oxygen atoms in total. The van der Waals surface area contributed by atoms with Crippen LogP contribution in [0.15, 0.2) is 30.3 Å². The van der Waals surface area contributed by atoms with Crippen LogP contribution in [0.1, 0.15) is 5.56 Å². The van der Waals surface area contributed by atoms with E-state index >= 15 is 0 Å². The van der Waals surface area contributed by atoms with Gasteiger partial charge in [-0.3, -0.25) is 0 Å². The number of rotatable bonds is 4. The molecule has 0 heterocycles. The quantitative estimate of drug-likeness (QED) is 0.255. The molecular formula is C11H14Na2O11S2. The van der Waals surface area contributed by atoms with Crippen LogP contribution >= 0.6 is 0 Å². The van der Waals surface area contributed by atoms with E-state index in [-0.39, 0.29) is 103 Å². The van der Waals surface area contributed by atoms with Crippen molar-refractivity contribution in [3.8, 4) is 11.5 Å². The molecule has 0 unspecified atom stereocenters. The second-order valence-electron chi connectivity index (χ2n) is 4.05. The van der Waals surface area contributed by atoms with E-state index in [1.165, 1.54) is 31.2 Å². The largest absolute Gasteiger partial charge is 1.00 e. The summed E-state index contributed by atoms with van der Waals surface area (Å²) >= 11 is 0. The average Bonchev–Trinajstić information content (AvgIpc) is 2.31. The molecule has 0 spiro atoms. The zero-order chi connectivity index (χ0) is 15.8. The molecule has 0 aliphatic rings. The van der Waals surface area contributed by atoms with E-state index in [1.807, 2.05) is 0 Å². The monoisotopic (exact) mass is 432 g/mol. The Bertz CT molecular complexity index is 913. The topological polar surface area (TPSA) is 227 Å². The van der Waals surface area contributed by atoms with Gasteiger partial charge in [0.2, 0.25) is 0 Å². The average molecular weight is 432 g/mol. The minimum atomic E-state index is -5.01. The maximum absolute atomic E-state index is 10.8. The molecule has 2 rings (SSSR count). The van der Waals surface area contributed by atoms with Crippen LogP contribution < -0.4 is 67.5 Å². The fourth-order valence-electron chi connectivity index (χ4n) is 1.84. The minimum absolute atomic E-state index is 0. The Hall–Kier alpha value is 0. The van der Waals surface area contributed by atoms with Gasteiger partial charge in [0.1, 0.15) is 5.75 Å². The number of hydrogen-bond donors (Lipinski definition) is 0. The van der Waals surface area contributed by atoms with Gasteiger partial charge in [0, 0.05) is 10.8 Å². The molecule has 26 heavy (non-hydrogen) atoms. The van der Waals surface area contributed by atoms with Crippen molar-refractivity contribution >= 4 is 31.6 Å². The first-order valence-electron chi connectivity index (χ1n) is 5.40. The summed E-state index contributed by atoms with van der Waals surface area (Å²) < 4.78 is 73.1. The van der Waals surface area contributed by atoms with Gasteiger partial charge in [0.05, 0.1) is 0 Å². The van der Waals surface area contributed by atoms with Crippen LogP contribution in [0, 0.1) is 6.92 Å². The maximum atomic E-state index is 10.8. The van der Waals surface area contributed by atoms with E-state index in [0.29, 0.717) is 0 Å². The molecule has 0 saturated carbocycles. The van der Waals surface area contributed by atoms with E-state index in [1.54, 1.807) is 0 Å². The second kappa shape index (κ2) is 12.5. The Morgan fingerprint density at radius 2 is 1.23 bits per heavy atom. The molecule has 6 N–H and O–H groups in total. The summed E-state index contributed by atoms with van der Waals surface area (Å²) in [6.07, 6.45) is 0. The van der Waals surface area contributed by atoms with Gasteiger partial charge in [-0.1, -0.05) is 24.3 Å². The maximum Gasteiger partial charge on any atom is 1.00 e. The van der Waals surface area contributed by atoms with Gasteiger partial charge in [0.15, 0.2) is 5.75 Å². The predicted octanol–water partition coefficient (Wildman–Crippen LogP) is -7.64.